The van der Waals surface area contributed by atoms with Crippen LogP contribution in [0.15, 0.2) is 28.8 Å². The van der Waals surface area contributed by atoms with Crippen LogP contribution in [0.25, 0.3) is 0 Å². The molecule has 6 heteroatoms. The van der Waals surface area contributed by atoms with Gasteiger partial charge < -0.3 is 14.9 Å². The lowest BCUT2D eigenvalue weighted by Gasteiger charge is -2.03. The number of nitrogens with one attached hydrogen (secondary N) is 1. The third-order valence-electron chi connectivity index (χ3n) is 2.36. The standard InChI is InChI=1S/C12H13N3O3/c1-8-14-11(15-18-8)7-13-6-9-3-2-4-10(5-9)12(16)17/h2-5,13H,6-7H2,1H3,(H,16,17). The van der Waals surface area contributed by atoms with Gasteiger partial charge in [-0.15, -0.1) is 0 Å². The quantitative estimate of drug-likeness (QED) is 0.829. The van der Waals surface area contributed by atoms with E-state index in [1.807, 2.05) is 6.07 Å². The van der Waals surface area contributed by atoms with E-state index >= 15 is 0 Å². The van der Waals surface area contributed by atoms with E-state index in [1.165, 1.54) is 0 Å². The Morgan fingerprint density at radius 1 is 1.44 bits per heavy atom. The summed E-state index contributed by atoms with van der Waals surface area (Å²) in [6.45, 7) is 2.76. The van der Waals surface area contributed by atoms with Gasteiger partial charge in [-0.25, -0.2) is 4.79 Å². The van der Waals surface area contributed by atoms with Crippen molar-refractivity contribution in [1.29, 1.82) is 0 Å². The van der Waals surface area contributed by atoms with E-state index in [-0.39, 0.29) is 5.56 Å². The molecule has 0 unspecified atom stereocenters. The van der Waals surface area contributed by atoms with Crippen molar-refractivity contribution in [2.45, 2.75) is 20.0 Å². The van der Waals surface area contributed by atoms with Crippen molar-refractivity contribution in [2.75, 3.05) is 0 Å². The second kappa shape index (κ2) is 5.42. The minimum atomic E-state index is -0.925. The predicted octanol–water partition coefficient (Wildman–Crippen LogP) is 1.37. The van der Waals surface area contributed by atoms with Crippen LogP contribution < -0.4 is 5.32 Å². The number of carboxylic acid groups (broad SMARTS) is 1. The first kappa shape index (κ1) is 12.3. The van der Waals surface area contributed by atoms with Gasteiger partial charge in [0.15, 0.2) is 5.82 Å². The first-order valence-corrected chi connectivity index (χ1v) is 5.47. The highest BCUT2D eigenvalue weighted by Gasteiger charge is 2.04. The van der Waals surface area contributed by atoms with Gasteiger partial charge in [-0.2, -0.15) is 4.98 Å². The van der Waals surface area contributed by atoms with Crippen LogP contribution in [0.3, 0.4) is 0 Å². The molecule has 0 fully saturated rings. The summed E-state index contributed by atoms with van der Waals surface area (Å²) in [6.07, 6.45) is 0. The first-order valence-electron chi connectivity index (χ1n) is 5.47. The van der Waals surface area contributed by atoms with Crippen molar-refractivity contribution in [3.05, 3.63) is 47.1 Å². The maximum Gasteiger partial charge on any atom is 0.335 e. The summed E-state index contributed by atoms with van der Waals surface area (Å²) < 4.78 is 4.84. The van der Waals surface area contributed by atoms with Gasteiger partial charge in [-0.05, 0) is 17.7 Å². The molecule has 1 aromatic heterocycles. The molecule has 0 radical (unpaired) electrons. The molecule has 0 saturated heterocycles. The monoisotopic (exact) mass is 247 g/mol. The van der Waals surface area contributed by atoms with Crippen LogP contribution in [0.5, 0.6) is 0 Å². The van der Waals surface area contributed by atoms with Crippen LogP contribution in [0.4, 0.5) is 0 Å². The molecule has 2 rings (SSSR count). The Bertz CT molecular complexity index is 551. The zero-order valence-corrected chi connectivity index (χ0v) is 9.88. The molecule has 0 atom stereocenters. The van der Waals surface area contributed by atoms with Crippen LogP contribution in [0.1, 0.15) is 27.6 Å². The second-order valence-electron chi connectivity index (χ2n) is 3.84. The van der Waals surface area contributed by atoms with Gasteiger partial charge in [0.1, 0.15) is 0 Å². The Morgan fingerprint density at radius 2 is 2.28 bits per heavy atom. The predicted molar refractivity (Wildman–Crippen MR) is 63.0 cm³/mol. The summed E-state index contributed by atoms with van der Waals surface area (Å²) in [5.74, 6) is 0.187. The average molecular weight is 247 g/mol. The van der Waals surface area contributed by atoms with E-state index in [0.717, 1.165) is 5.56 Å². The van der Waals surface area contributed by atoms with Gasteiger partial charge in [-0.3, -0.25) is 0 Å². The maximum atomic E-state index is 10.8. The van der Waals surface area contributed by atoms with Gasteiger partial charge in [0.2, 0.25) is 5.89 Å². The minimum Gasteiger partial charge on any atom is -0.478 e. The fourth-order valence-electron chi connectivity index (χ4n) is 1.55. The topological polar surface area (TPSA) is 88.2 Å². The fourth-order valence-corrected chi connectivity index (χ4v) is 1.55. The molecular weight excluding hydrogens is 234 g/mol. The Hall–Kier alpha value is -2.21. The minimum absolute atomic E-state index is 0.282. The van der Waals surface area contributed by atoms with Crippen molar-refractivity contribution < 1.29 is 14.4 Å². The fraction of sp³-hybridized carbons (Fsp3) is 0.250. The van der Waals surface area contributed by atoms with E-state index in [9.17, 15) is 4.79 Å². The van der Waals surface area contributed by atoms with Crippen LogP contribution >= 0.6 is 0 Å². The Balaban J connectivity index is 1.90. The zero-order valence-electron chi connectivity index (χ0n) is 9.88. The molecule has 0 aliphatic rings. The van der Waals surface area contributed by atoms with Gasteiger partial charge in [0.05, 0.1) is 12.1 Å². The number of nitrogens with zero attached hydrogens (tertiary/aromatic N) is 2. The Kier molecular flexibility index (Phi) is 3.69. The molecule has 0 spiro atoms. The number of hydrogen-bond donors (Lipinski definition) is 2. The largest absolute Gasteiger partial charge is 0.478 e. The number of hydrogen-bond acceptors (Lipinski definition) is 5. The highest BCUT2D eigenvalue weighted by molar-refractivity contribution is 5.87. The highest BCUT2D eigenvalue weighted by atomic mass is 16.5. The van der Waals surface area contributed by atoms with Gasteiger partial charge >= 0.3 is 5.97 Å². The second-order valence-corrected chi connectivity index (χ2v) is 3.84. The smallest absolute Gasteiger partial charge is 0.335 e. The SMILES string of the molecule is Cc1nc(CNCc2cccc(C(=O)O)c2)no1. The lowest BCUT2D eigenvalue weighted by atomic mass is 10.1. The van der Waals surface area contributed by atoms with E-state index in [4.69, 9.17) is 9.63 Å². The van der Waals surface area contributed by atoms with Crippen LogP contribution in [0, 0.1) is 6.92 Å². The van der Waals surface area contributed by atoms with Crippen molar-refractivity contribution >= 4 is 5.97 Å². The maximum absolute atomic E-state index is 10.8. The number of benzene rings is 1. The number of aromatic carboxylic acids is 1. The van der Waals surface area contributed by atoms with Crippen LogP contribution in [-0.4, -0.2) is 21.2 Å². The average Bonchev–Trinajstić information content (AvgIpc) is 2.75. The lowest BCUT2D eigenvalue weighted by molar-refractivity contribution is 0.0696. The van der Waals surface area contributed by atoms with Crippen molar-refractivity contribution in [3.8, 4) is 0 Å². The van der Waals surface area contributed by atoms with Gasteiger partial charge in [0, 0.05) is 13.5 Å². The van der Waals surface area contributed by atoms with E-state index in [1.54, 1.807) is 25.1 Å². The number of aromatic nitrogens is 2. The third-order valence-corrected chi connectivity index (χ3v) is 2.36. The lowest BCUT2D eigenvalue weighted by Crippen LogP contribution is -2.14. The molecule has 94 valence electrons. The van der Waals surface area contributed by atoms with Crippen LogP contribution in [0.2, 0.25) is 0 Å². The summed E-state index contributed by atoms with van der Waals surface area (Å²) in [7, 11) is 0. The molecule has 0 amide bonds. The number of carboxylic acids is 1. The first-order chi connectivity index (χ1) is 8.65. The van der Waals surface area contributed by atoms with E-state index in [0.29, 0.717) is 24.8 Å². The molecule has 2 aromatic rings. The molecule has 1 heterocycles. The summed E-state index contributed by atoms with van der Waals surface area (Å²) in [4.78, 5) is 14.9. The molecule has 0 aliphatic heterocycles. The summed E-state index contributed by atoms with van der Waals surface area (Å²) in [5, 5.41) is 15.7. The van der Waals surface area contributed by atoms with Crippen LogP contribution in [-0.2, 0) is 13.1 Å². The number of rotatable bonds is 5. The van der Waals surface area contributed by atoms with Gasteiger partial charge in [-0.1, -0.05) is 17.3 Å². The van der Waals surface area contributed by atoms with E-state index < -0.39 is 5.97 Å². The molecule has 6 nitrogen and oxygen atoms in total. The normalized spacial score (nSPS) is 10.5. The Morgan fingerprint density at radius 3 is 2.94 bits per heavy atom. The summed E-state index contributed by atoms with van der Waals surface area (Å²) in [5.41, 5.74) is 1.18. The zero-order chi connectivity index (χ0) is 13.0. The number of carbonyl (C=O) groups is 1. The molecular formula is C12H13N3O3. The highest BCUT2D eigenvalue weighted by Crippen LogP contribution is 2.05. The Labute approximate surface area is 104 Å². The van der Waals surface area contributed by atoms with E-state index in [2.05, 4.69) is 15.5 Å². The molecule has 2 N–H and O–H groups in total. The third kappa shape index (κ3) is 3.14. The van der Waals surface area contributed by atoms with Crippen molar-refractivity contribution in [1.82, 2.24) is 15.5 Å². The number of aryl methyl sites for hydroxylation is 1. The summed E-state index contributed by atoms with van der Waals surface area (Å²) in [6, 6.07) is 6.78. The summed E-state index contributed by atoms with van der Waals surface area (Å²) >= 11 is 0. The molecule has 1 aromatic carbocycles. The molecule has 18 heavy (non-hydrogen) atoms. The molecule has 0 saturated carbocycles. The molecule has 0 aliphatic carbocycles. The van der Waals surface area contributed by atoms with Crippen molar-refractivity contribution in [3.63, 3.8) is 0 Å². The van der Waals surface area contributed by atoms with Gasteiger partial charge in [0.25, 0.3) is 0 Å². The molecule has 0 bridgehead atoms. The van der Waals surface area contributed by atoms with Crippen molar-refractivity contribution in [2.24, 2.45) is 0 Å².